The minimum Gasteiger partial charge on any atom is -0.481 e. The Morgan fingerprint density at radius 2 is 2.10 bits per heavy atom. The molecule has 0 aliphatic rings. The number of alkyl halides is 4. The summed E-state index contributed by atoms with van der Waals surface area (Å²) < 4.78 is 50.5. The van der Waals surface area contributed by atoms with Gasteiger partial charge in [-0.3, -0.25) is 4.79 Å². The van der Waals surface area contributed by atoms with Gasteiger partial charge in [0.2, 0.25) is 11.8 Å². The third-order valence-corrected chi connectivity index (χ3v) is 2.62. The monoisotopic (exact) mass is 327 g/mol. The Hall–Kier alpha value is -1.70. The van der Waals surface area contributed by atoms with Crippen LogP contribution in [-0.4, -0.2) is 31.0 Å². The molecule has 1 aromatic rings. The van der Waals surface area contributed by atoms with E-state index in [4.69, 9.17) is 21.1 Å². The summed E-state index contributed by atoms with van der Waals surface area (Å²) in [6, 6.07) is 1.32. The van der Waals surface area contributed by atoms with E-state index < -0.39 is 18.2 Å². The predicted octanol–water partition coefficient (Wildman–Crippen LogP) is 2.83. The van der Waals surface area contributed by atoms with Crippen LogP contribution in [0.2, 0.25) is 0 Å². The van der Waals surface area contributed by atoms with Crippen molar-refractivity contribution in [3.63, 3.8) is 0 Å². The summed E-state index contributed by atoms with van der Waals surface area (Å²) in [7, 11) is 1.23. The Morgan fingerprint density at radius 1 is 1.43 bits per heavy atom. The molecule has 0 atom stereocenters. The molecule has 0 N–H and O–H groups in total. The van der Waals surface area contributed by atoms with E-state index in [0.717, 1.165) is 0 Å². The Balaban J connectivity index is 3.21. The molecule has 0 saturated carbocycles. The summed E-state index contributed by atoms with van der Waals surface area (Å²) in [6.45, 7) is 1.77. The highest BCUT2D eigenvalue weighted by Gasteiger charge is 2.34. The molecule has 0 aliphatic heterocycles. The molecule has 0 unspecified atom stereocenters. The molecule has 5 nitrogen and oxygen atoms in total. The van der Waals surface area contributed by atoms with Gasteiger partial charge in [-0.2, -0.15) is 4.98 Å². The highest BCUT2D eigenvalue weighted by atomic mass is 35.5. The van der Waals surface area contributed by atoms with Crippen LogP contribution >= 0.6 is 11.6 Å². The number of carbonyl (C=O) groups is 1. The van der Waals surface area contributed by atoms with Crippen molar-refractivity contribution in [2.75, 3.05) is 13.7 Å². The number of aromatic nitrogens is 1. The lowest BCUT2D eigenvalue weighted by molar-refractivity contribution is -0.276. The fraction of sp³-hybridized carbons (Fsp3) is 0.500. The maximum absolute atomic E-state index is 12.4. The zero-order valence-corrected chi connectivity index (χ0v) is 12.0. The van der Waals surface area contributed by atoms with Crippen molar-refractivity contribution in [3.05, 3.63) is 17.2 Å². The molecule has 0 aromatic carbocycles. The van der Waals surface area contributed by atoms with Crippen LogP contribution in [0.25, 0.3) is 0 Å². The minimum absolute atomic E-state index is 0.0390. The summed E-state index contributed by atoms with van der Waals surface area (Å²) in [5, 5.41) is 0. The Morgan fingerprint density at radius 3 is 2.57 bits per heavy atom. The average Bonchev–Trinajstić information content (AvgIpc) is 2.36. The number of hydrogen-bond acceptors (Lipinski definition) is 5. The van der Waals surface area contributed by atoms with E-state index in [1.165, 1.54) is 13.2 Å². The van der Waals surface area contributed by atoms with Crippen LogP contribution in [0.5, 0.6) is 11.8 Å². The van der Waals surface area contributed by atoms with Gasteiger partial charge in [0.15, 0.2) is 0 Å². The van der Waals surface area contributed by atoms with Gasteiger partial charge in [-0.05, 0) is 12.5 Å². The maximum Gasteiger partial charge on any atom is 0.574 e. The average molecular weight is 328 g/mol. The standard InChI is InChI=1S/C12H13ClF3NO4/c1-3-20-10(18)5-7-4-9(19-2)17-11(8(7)6-13)21-12(14,15)16/h4H,3,5-6H2,1-2H3. The number of rotatable bonds is 6. The zero-order chi connectivity index (χ0) is 16.0. The normalized spacial score (nSPS) is 11.1. The van der Waals surface area contributed by atoms with Crippen LogP contribution in [0.4, 0.5) is 13.2 Å². The van der Waals surface area contributed by atoms with Gasteiger partial charge in [-0.25, -0.2) is 0 Å². The molecule has 0 spiro atoms. The van der Waals surface area contributed by atoms with Crippen LogP contribution in [-0.2, 0) is 21.8 Å². The van der Waals surface area contributed by atoms with Gasteiger partial charge in [0.1, 0.15) is 0 Å². The van der Waals surface area contributed by atoms with Gasteiger partial charge < -0.3 is 14.2 Å². The van der Waals surface area contributed by atoms with Gasteiger partial charge in [0.05, 0.1) is 26.0 Å². The second kappa shape index (κ2) is 7.35. The largest absolute Gasteiger partial charge is 0.574 e. The van der Waals surface area contributed by atoms with Crippen LogP contribution in [0.1, 0.15) is 18.1 Å². The molecule has 1 rings (SSSR count). The number of nitrogens with zero attached hydrogens (tertiary/aromatic N) is 1. The summed E-state index contributed by atoms with van der Waals surface area (Å²) in [4.78, 5) is 15.0. The Bertz CT molecular complexity index is 508. The fourth-order valence-corrected chi connectivity index (χ4v) is 1.83. The molecular formula is C12H13ClF3NO4. The van der Waals surface area contributed by atoms with E-state index in [1.807, 2.05) is 0 Å². The number of carbonyl (C=O) groups excluding carboxylic acids is 1. The molecule has 118 valence electrons. The first-order valence-electron chi connectivity index (χ1n) is 5.84. The lowest BCUT2D eigenvalue weighted by Gasteiger charge is -2.15. The smallest absolute Gasteiger partial charge is 0.481 e. The topological polar surface area (TPSA) is 57.7 Å². The fourth-order valence-electron chi connectivity index (χ4n) is 1.54. The van der Waals surface area contributed by atoms with Gasteiger partial charge in [-0.15, -0.1) is 24.8 Å². The minimum atomic E-state index is -4.93. The Labute approximate surface area is 124 Å². The highest BCUT2D eigenvalue weighted by Crippen LogP contribution is 2.31. The van der Waals surface area contributed by atoms with E-state index in [9.17, 15) is 18.0 Å². The first-order valence-corrected chi connectivity index (χ1v) is 6.38. The zero-order valence-electron chi connectivity index (χ0n) is 11.3. The quantitative estimate of drug-likeness (QED) is 0.594. The van der Waals surface area contributed by atoms with Crippen LogP contribution < -0.4 is 9.47 Å². The van der Waals surface area contributed by atoms with Crippen molar-refractivity contribution in [1.29, 1.82) is 0 Å². The van der Waals surface area contributed by atoms with Crippen molar-refractivity contribution in [1.82, 2.24) is 4.98 Å². The van der Waals surface area contributed by atoms with Gasteiger partial charge in [0.25, 0.3) is 0 Å². The van der Waals surface area contributed by atoms with Crippen LogP contribution in [0.3, 0.4) is 0 Å². The number of pyridine rings is 1. The first-order chi connectivity index (χ1) is 9.80. The lowest BCUT2D eigenvalue weighted by atomic mass is 10.1. The van der Waals surface area contributed by atoms with Gasteiger partial charge in [-0.1, -0.05) is 0 Å². The molecule has 0 saturated heterocycles. The van der Waals surface area contributed by atoms with E-state index in [1.54, 1.807) is 6.92 Å². The van der Waals surface area contributed by atoms with Gasteiger partial charge >= 0.3 is 12.3 Å². The van der Waals surface area contributed by atoms with Gasteiger partial charge in [0, 0.05) is 11.6 Å². The molecule has 0 bridgehead atoms. The highest BCUT2D eigenvalue weighted by molar-refractivity contribution is 6.17. The summed E-state index contributed by atoms with van der Waals surface area (Å²) in [6.07, 6.45) is -5.19. The molecule has 0 amide bonds. The third kappa shape index (κ3) is 5.30. The number of esters is 1. The summed E-state index contributed by atoms with van der Waals surface area (Å²) in [5.74, 6) is -1.77. The number of hydrogen-bond donors (Lipinski definition) is 0. The lowest BCUT2D eigenvalue weighted by Crippen LogP contribution is -2.20. The number of ether oxygens (including phenoxy) is 3. The van der Waals surface area contributed by atoms with E-state index >= 15 is 0 Å². The predicted molar refractivity (Wildman–Crippen MR) is 67.4 cm³/mol. The maximum atomic E-state index is 12.4. The van der Waals surface area contributed by atoms with E-state index in [-0.39, 0.29) is 35.9 Å². The van der Waals surface area contributed by atoms with Crippen LogP contribution in [0.15, 0.2) is 6.07 Å². The number of methoxy groups -OCH3 is 1. The Kier molecular flexibility index (Phi) is 6.07. The van der Waals surface area contributed by atoms with Crippen molar-refractivity contribution >= 4 is 17.6 Å². The second-order valence-electron chi connectivity index (χ2n) is 3.77. The summed E-state index contributed by atoms with van der Waals surface area (Å²) in [5.41, 5.74) is 0.164. The van der Waals surface area contributed by atoms with Crippen LogP contribution in [0, 0.1) is 0 Å². The molecule has 9 heteroatoms. The van der Waals surface area contributed by atoms with E-state index in [2.05, 4.69) is 9.72 Å². The van der Waals surface area contributed by atoms with Crippen molar-refractivity contribution < 1.29 is 32.2 Å². The molecule has 1 heterocycles. The number of halogens is 4. The van der Waals surface area contributed by atoms with E-state index in [0.29, 0.717) is 0 Å². The van der Waals surface area contributed by atoms with Crippen molar-refractivity contribution in [2.45, 2.75) is 25.6 Å². The molecular weight excluding hydrogens is 315 g/mol. The SMILES string of the molecule is CCOC(=O)Cc1cc(OC)nc(OC(F)(F)F)c1CCl. The molecule has 0 fully saturated rings. The molecule has 1 aromatic heterocycles. The summed E-state index contributed by atoms with van der Waals surface area (Å²) >= 11 is 5.64. The molecule has 21 heavy (non-hydrogen) atoms. The van der Waals surface area contributed by atoms with Crippen molar-refractivity contribution in [2.24, 2.45) is 0 Å². The van der Waals surface area contributed by atoms with Crippen molar-refractivity contribution in [3.8, 4) is 11.8 Å². The first kappa shape index (κ1) is 17.4. The third-order valence-electron chi connectivity index (χ3n) is 2.35. The molecule has 0 aliphatic carbocycles. The second-order valence-corrected chi connectivity index (χ2v) is 4.04. The molecule has 0 radical (unpaired) electrons.